The highest BCUT2D eigenvalue weighted by atomic mass is 19.1. The lowest BCUT2D eigenvalue weighted by molar-refractivity contribution is -0.146. The normalized spacial score (nSPS) is 15.1. The molecule has 0 fully saturated rings. The highest BCUT2D eigenvalue weighted by Gasteiger charge is 2.43. The third-order valence-electron chi connectivity index (χ3n) is 7.23. The molecule has 1 rings (SSSR count). The number of rotatable bonds is 15. The molecule has 0 amide bonds. The third-order valence-corrected chi connectivity index (χ3v) is 7.23. The number of Topliss-reactive ketones (excluding diaryl/α,β-unsaturated/α-hetero) is 1. The standard InChI is InChI=1S/C33H46FN3O4/c1-11-14-20(4)29(30(36)37-22(6)21(5)26-16-15-25(34)17-27(26)35)33(10,28(38)13-3)23(7)41-19-24(12-2)18-32(8,9)31(39)40/h14-17,19H,5,7,11-13,18,35-36H2,1-4,6,8-10H3,(H,39,40)/b20-14+,24-19+,30-29+,37-22+. The van der Waals surface area contributed by atoms with E-state index >= 15 is 0 Å². The van der Waals surface area contributed by atoms with Gasteiger partial charge in [0.1, 0.15) is 22.8 Å². The number of aliphatic carboxylic acids is 1. The lowest BCUT2D eigenvalue weighted by atomic mass is 9.72. The molecule has 0 aliphatic carbocycles. The highest BCUT2D eigenvalue weighted by molar-refractivity contribution is 6.23. The van der Waals surface area contributed by atoms with Crippen LogP contribution in [0.15, 0.2) is 77.0 Å². The van der Waals surface area contributed by atoms with Crippen LogP contribution in [-0.4, -0.2) is 22.6 Å². The maximum atomic E-state index is 13.6. The molecule has 0 saturated carbocycles. The van der Waals surface area contributed by atoms with Crippen molar-refractivity contribution in [3.05, 3.63) is 83.4 Å². The van der Waals surface area contributed by atoms with Crippen LogP contribution in [0.25, 0.3) is 5.57 Å². The van der Waals surface area contributed by atoms with Gasteiger partial charge in [-0.2, -0.15) is 0 Å². The first-order valence-electron chi connectivity index (χ1n) is 13.8. The van der Waals surface area contributed by atoms with E-state index in [1.165, 1.54) is 24.5 Å². The van der Waals surface area contributed by atoms with Gasteiger partial charge in [0.25, 0.3) is 0 Å². The molecule has 8 heteroatoms. The Morgan fingerprint density at radius 2 is 1.73 bits per heavy atom. The zero-order valence-corrected chi connectivity index (χ0v) is 25.8. The predicted molar refractivity (Wildman–Crippen MR) is 166 cm³/mol. The average Bonchev–Trinajstić information content (AvgIpc) is 2.89. The van der Waals surface area contributed by atoms with Gasteiger partial charge in [-0.3, -0.25) is 9.59 Å². The van der Waals surface area contributed by atoms with Gasteiger partial charge in [0.15, 0.2) is 5.78 Å². The molecule has 224 valence electrons. The summed E-state index contributed by atoms with van der Waals surface area (Å²) in [7, 11) is 0. The maximum Gasteiger partial charge on any atom is 0.309 e. The summed E-state index contributed by atoms with van der Waals surface area (Å²) in [6.45, 7) is 22.4. The van der Waals surface area contributed by atoms with Crippen LogP contribution < -0.4 is 11.5 Å². The van der Waals surface area contributed by atoms with Crippen molar-refractivity contribution in [3.63, 3.8) is 0 Å². The van der Waals surface area contributed by atoms with Crippen LogP contribution in [0.4, 0.5) is 10.1 Å². The lowest BCUT2D eigenvalue weighted by Gasteiger charge is -2.33. The Balaban J connectivity index is 3.76. The van der Waals surface area contributed by atoms with E-state index in [9.17, 15) is 19.1 Å². The Labute approximate surface area is 244 Å². The molecule has 0 radical (unpaired) electrons. The summed E-state index contributed by atoms with van der Waals surface area (Å²) in [4.78, 5) is 29.9. The first kappa shape index (κ1) is 35.1. The fourth-order valence-electron chi connectivity index (χ4n) is 4.52. The van der Waals surface area contributed by atoms with Crippen LogP contribution in [-0.2, 0) is 14.3 Å². The summed E-state index contributed by atoms with van der Waals surface area (Å²) in [6.07, 6.45) is 5.10. The first-order chi connectivity index (χ1) is 19.0. The van der Waals surface area contributed by atoms with Crippen molar-refractivity contribution in [2.75, 3.05) is 5.73 Å². The number of aliphatic imine (C=N–C) groups is 1. The SMILES string of the molecule is C=C(/C(C)=N/C(N)=C(\C(C)=C\CC)C(C)(C(=C)O/C=C(\CC)CC(C)(C)C(=O)O)C(=O)CC)c1ccc(F)cc1N. The van der Waals surface area contributed by atoms with Crippen molar-refractivity contribution in [2.45, 2.75) is 81.1 Å². The van der Waals surface area contributed by atoms with Crippen molar-refractivity contribution in [1.29, 1.82) is 0 Å². The number of hydrogen-bond acceptors (Lipinski definition) is 6. The van der Waals surface area contributed by atoms with Gasteiger partial charge in [-0.1, -0.05) is 40.0 Å². The minimum atomic E-state index is -1.38. The smallest absolute Gasteiger partial charge is 0.309 e. The molecular weight excluding hydrogens is 521 g/mol. The van der Waals surface area contributed by atoms with E-state index in [0.717, 1.165) is 11.1 Å². The van der Waals surface area contributed by atoms with E-state index < -0.39 is 22.6 Å². The van der Waals surface area contributed by atoms with Crippen LogP contribution >= 0.6 is 0 Å². The molecule has 0 saturated heterocycles. The number of carboxylic acids is 1. The number of carbonyl (C=O) groups is 2. The topological polar surface area (TPSA) is 128 Å². The third kappa shape index (κ3) is 8.52. The number of carboxylic acid groups (broad SMARTS) is 1. The fraction of sp³-hybridized carbons (Fsp3) is 0.424. The average molecular weight is 568 g/mol. The highest BCUT2D eigenvalue weighted by Crippen LogP contribution is 2.43. The van der Waals surface area contributed by atoms with E-state index in [0.29, 0.717) is 35.3 Å². The Morgan fingerprint density at radius 1 is 1.12 bits per heavy atom. The molecule has 1 atom stereocenters. The van der Waals surface area contributed by atoms with Crippen LogP contribution in [0, 0.1) is 16.6 Å². The molecule has 1 aromatic rings. The van der Waals surface area contributed by atoms with Crippen LogP contribution in [0.5, 0.6) is 0 Å². The molecule has 1 unspecified atom stereocenters. The second kappa shape index (κ2) is 14.6. The number of allylic oxidation sites excluding steroid dienone is 5. The molecule has 5 N–H and O–H groups in total. The number of nitrogens with two attached hydrogens (primary N) is 2. The van der Waals surface area contributed by atoms with Gasteiger partial charge in [-0.25, -0.2) is 9.38 Å². The second-order valence-corrected chi connectivity index (χ2v) is 10.9. The summed E-state index contributed by atoms with van der Waals surface area (Å²) < 4.78 is 19.6. The molecule has 41 heavy (non-hydrogen) atoms. The minimum absolute atomic E-state index is 0.0762. The molecule has 0 heterocycles. The lowest BCUT2D eigenvalue weighted by Crippen LogP contribution is -2.34. The predicted octanol–water partition coefficient (Wildman–Crippen LogP) is 7.72. The van der Waals surface area contributed by atoms with Crippen molar-refractivity contribution in [2.24, 2.45) is 21.6 Å². The van der Waals surface area contributed by atoms with Gasteiger partial charge < -0.3 is 21.3 Å². The van der Waals surface area contributed by atoms with Gasteiger partial charge >= 0.3 is 5.97 Å². The zero-order chi connectivity index (χ0) is 31.7. The molecule has 0 spiro atoms. The number of nitrogens with zero attached hydrogens (tertiary/aromatic N) is 1. The largest absolute Gasteiger partial charge is 0.481 e. The number of ether oxygens (including phenoxy) is 1. The quantitative estimate of drug-likeness (QED) is 0.0861. The molecule has 7 nitrogen and oxygen atoms in total. The number of hydrogen-bond donors (Lipinski definition) is 3. The van der Waals surface area contributed by atoms with Crippen molar-refractivity contribution in [3.8, 4) is 0 Å². The van der Waals surface area contributed by atoms with Crippen LogP contribution in [0.3, 0.4) is 0 Å². The van der Waals surface area contributed by atoms with E-state index in [2.05, 4.69) is 18.2 Å². The van der Waals surface area contributed by atoms with Gasteiger partial charge in [-0.05, 0) is 88.8 Å². The number of carbonyl (C=O) groups excluding carboxylic acids is 1. The monoisotopic (exact) mass is 567 g/mol. The van der Waals surface area contributed by atoms with Gasteiger partial charge in [0.05, 0.1) is 11.7 Å². The molecule has 0 aromatic heterocycles. The number of benzene rings is 1. The summed E-state index contributed by atoms with van der Waals surface area (Å²) in [5, 5.41) is 9.55. The maximum absolute atomic E-state index is 13.6. The van der Waals surface area contributed by atoms with Gasteiger partial charge in [-0.15, -0.1) is 0 Å². The fourth-order valence-corrected chi connectivity index (χ4v) is 4.52. The Kier molecular flexibility index (Phi) is 12.5. The molecular formula is C33H46FN3O4. The number of ketones is 1. The second-order valence-electron chi connectivity index (χ2n) is 10.9. The van der Waals surface area contributed by atoms with Crippen molar-refractivity contribution >= 4 is 28.7 Å². The molecule has 0 bridgehead atoms. The first-order valence-corrected chi connectivity index (χ1v) is 13.8. The van der Waals surface area contributed by atoms with Crippen LogP contribution in [0.2, 0.25) is 0 Å². The summed E-state index contributed by atoms with van der Waals surface area (Å²) in [6, 6.07) is 4.02. The van der Waals surface area contributed by atoms with Crippen LogP contribution in [0.1, 0.15) is 86.6 Å². The molecule has 0 aliphatic rings. The zero-order valence-electron chi connectivity index (χ0n) is 25.8. The van der Waals surface area contributed by atoms with E-state index in [1.807, 2.05) is 26.8 Å². The Morgan fingerprint density at radius 3 is 2.22 bits per heavy atom. The molecule has 1 aromatic carbocycles. The summed E-state index contributed by atoms with van der Waals surface area (Å²) in [5.41, 5.74) is 13.8. The van der Waals surface area contributed by atoms with Crippen molar-refractivity contribution < 1.29 is 23.8 Å². The minimum Gasteiger partial charge on any atom is -0.481 e. The van der Waals surface area contributed by atoms with E-state index in [1.54, 1.807) is 34.6 Å². The summed E-state index contributed by atoms with van der Waals surface area (Å²) >= 11 is 0. The summed E-state index contributed by atoms with van der Waals surface area (Å²) in [5.74, 6) is -1.35. The van der Waals surface area contributed by atoms with Gasteiger partial charge in [0.2, 0.25) is 0 Å². The number of nitrogen functional groups attached to an aromatic ring is 1. The van der Waals surface area contributed by atoms with Gasteiger partial charge in [0, 0.05) is 29.0 Å². The van der Waals surface area contributed by atoms with E-state index in [4.69, 9.17) is 16.2 Å². The Hall–Kier alpha value is -3.94. The molecule has 0 aliphatic heterocycles. The van der Waals surface area contributed by atoms with Crippen molar-refractivity contribution in [1.82, 2.24) is 0 Å². The van der Waals surface area contributed by atoms with E-state index in [-0.39, 0.29) is 35.9 Å². The number of anilines is 1. The number of halogens is 1. The Bertz CT molecular complexity index is 1320.